The van der Waals surface area contributed by atoms with E-state index in [4.69, 9.17) is 4.42 Å². The molecule has 1 heterocycles. The molecular weight excluding hydrogens is 214 g/mol. The summed E-state index contributed by atoms with van der Waals surface area (Å²) in [7, 11) is 0. The van der Waals surface area contributed by atoms with Gasteiger partial charge in [-0.05, 0) is 36.8 Å². The summed E-state index contributed by atoms with van der Waals surface area (Å²) < 4.78 is 5.72. The molecule has 3 nitrogen and oxygen atoms in total. The predicted octanol–water partition coefficient (Wildman–Crippen LogP) is 3.51. The highest BCUT2D eigenvalue weighted by Crippen LogP contribution is 2.27. The summed E-state index contributed by atoms with van der Waals surface area (Å²) in [5.41, 5.74) is 3.47. The number of rotatable bonds is 1. The maximum absolute atomic E-state index is 9.43. The summed E-state index contributed by atoms with van der Waals surface area (Å²) in [6.45, 7) is 1.99. The molecule has 0 radical (unpaired) electrons. The standard InChI is InChI=1S/C14H11NO2/c1-9-4-2-7-12-13(9)17-14(15-12)10-5-3-6-11(16)8-10/h2-8,16H,1H3. The van der Waals surface area contributed by atoms with Crippen LogP contribution in [0.5, 0.6) is 5.75 Å². The molecule has 0 aliphatic rings. The lowest BCUT2D eigenvalue weighted by Crippen LogP contribution is -1.75. The van der Waals surface area contributed by atoms with Crippen molar-refractivity contribution >= 4 is 11.1 Å². The van der Waals surface area contributed by atoms with Crippen molar-refractivity contribution in [3.63, 3.8) is 0 Å². The van der Waals surface area contributed by atoms with Crippen LogP contribution in [0.3, 0.4) is 0 Å². The fourth-order valence-electron chi connectivity index (χ4n) is 1.85. The highest BCUT2D eigenvalue weighted by molar-refractivity contribution is 5.79. The molecule has 3 aromatic rings. The van der Waals surface area contributed by atoms with Crippen molar-refractivity contribution in [3.05, 3.63) is 48.0 Å². The van der Waals surface area contributed by atoms with Crippen LogP contribution in [0.4, 0.5) is 0 Å². The molecule has 0 aliphatic carbocycles. The zero-order valence-corrected chi connectivity index (χ0v) is 9.34. The Hall–Kier alpha value is -2.29. The molecular formula is C14H11NO2. The molecule has 0 unspecified atom stereocenters. The molecule has 0 saturated carbocycles. The maximum atomic E-state index is 9.43. The van der Waals surface area contributed by atoms with E-state index >= 15 is 0 Å². The number of aryl methyl sites for hydroxylation is 1. The molecule has 0 saturated heterocycles. The van der Waals surface area contributed by atoms with Gasteiger partial charge >= 0.3 is 0 Å². The molecule has 84 valence electrons. The summed E-state index contributed by atoms with van der Waals surface area (Å²) >= 11 is 0. The fourth-order valence-corrected chi connectivity index (χ4v) is 1.85. The largest absolute Gasteiger partial charge is 0.508 e. The zero-order valence-electron chi connectivity index (χ0n) is 9.34. The van der Waals surface area contributed by atoms with Gasteiger partial charge in [0.15, 0.2) is 5.58 Å². The first kappa shape index (κ1) is 9.90. The van der Waals surface area contributed by atoms with Crippen LogP contribution in [-0.4, -0.2) is 10.1 Å². The van der Waals surface area contributed by atoms with Crippen molar-refractivity contribution < 1.29 is 9.52 Å². The topological polar surface area (TPSA) is 46.3 Å². The van der Waals surface area contributed by atoms with Crippen LogP contribution in [-0.2, 0) is 0 Å². The van der Waals surface area contributed by atoms with Crippen LogP contribution >= 0.6 is 0 Å². The highest BCUT2D eigenvalue weighted by atomic mass is 16.3. The van der Waals surface area contributed by atoms with Crippen LogP contribution in [0.1, 0.15) is 5.56 Å². The smallest absolute Gasteiger partial charge is 0.227 e. The number of nitrogens with zero attached hydrogens (tertiary/aromatic N) is 1. The molecule has 2 aromatic carbocycles. The second kappa shape index (κ2) is 3.63. The predicted molar refractivity (Wildman–Crippen MR) is 65.8 cm³/mol. The van der Waals surface area contributed by atoms with E-state index in [2.05, 4.69) is 4.98 Å². The Morgan fingerprint density at radius 3 is 2.71 bits per heavy atom. The SMILES string of the molecule is Cc1cccc2nc(-c3cccc(O)c3)oc12. The summed E-state index contributed by atoms with van der Waals surface area (Å²) in [4.78, 5) is 4.41. The average molecular weight is 225 g/mol. The van der Waals surface area contributed by atoms with E-state index in [1.54, 1.807) is 18.2 Å². The van der Waals surface area contributed by atoms with E-state index < -0.39 is 0 Å². The molecule has 0 amide bonds. The molecule has 1 aromatic heterocycles. The van der Waals surface area contributed by atoms with Gasteiger partial charge in [0.05, 0.1) is 0 Å². The summed E-state index contributed by atoms with van der Waals surface area (Å²) in [6, 6.07) is 12.7. The minimum Gasteiger partial charge on any atom is -0.508 e. The van der Waals surface area contributed by atoms with E-state index in [0.29, 0.717) is 5.89 Å². The Morgan fingerprint density at radius 2 is 1.94 bits per heavy atom. The molecule has 3 heteroatoms. The summed E-state index contributed by atoms with van der Waals surface area (Å²) in [5.74, 6) is 0.742. The summed E-state index contributed by atoms with van der Waals surface area (Å²) in [6.07, 6.45) is 0. The zero-order chi connectivity index (χ0) is 11.8. The second-order valence-electron chi connectivity index (χ2n) is 3.99. The Balaban J connectivity index is 2.22. The van der Waals surface area contributed by atoms with Crippen molar-refractivity contribution in [2.75, 3.05) is 0 Å². The van der Waals surface area contributed by atoms with Gasteiger partial charge in [0.25, 0.3) is 0 Å². The third-order valence-corrected chi connectivity index (χ3v) is 2.70. The van der Waals surface area contributed by atoms with Crippen molar-refractivity contribution in [2.45, 2.75) is 6.92 Å². The second-order valence-corrected chi connectivity index (χ2v) is 3.99. The molecule has 0 bridgehead atoms. The average Bonchev–Trinajstić information content (AvgIpc) is 2.74. The number of phenolic OH excluding ortho intramolecular Hbond substituents is 1. The van der Waals surface area contributed by atoms with Gasteiger partial charge in [-0.25, -0.2) is 4.98 Å². The first-order valence-corrected chi connectivity index (χ1v) is 5.39. The van der Waals surface area contributed by atoms with Crippen LogP contribution in [0.25, 0.3) is 22.6 Å². The lowest BCUT2D eigenvalue weighted by atomic mass is 10.2. The van der Waals surface area contributed by atoms with E-state index in [-0.39, 0.29) is 5.75 Å². The van der Waals surface area contributed by atoms with Crippen molar-refractivity contribution in [2.24, 2.45) is 0 Å². The van der Waals surface area contributed by atoms with E-state index in [1.807, 2.05) is 31.2 Å². The van der Waals surface area contributed by atoms with Gasteiger partial charge < -0.3 is 9.52 Å². The van der Waals surface area contributed by atoms with Crippen molar-refractivity contribution in [3.8, 4) is 17.2 Å². The van der Waals surface area contributed by atoms with Crippen molar-refractivity contribution in [1.82, 2.24) is 4.98 Å². The first-order chi connectivity index (χ1) is 8.24. The van der Waals surface area contributed by atoms with Gasteiger partial charge in [0.1, 0.15) is 11.3 Å². The van der Waals surface area contributed by atoms with E-state index in [1.165, 1.54) is 0 Å². The molecule has 0 spiro atoms. The monoisotopic (exact) mass is 225 g/mol. The van der Waals surface area contributed by atoms with Gasteiger partial charge in [-0.1, -0.05) is 18.2 Å². The number of hydrogen-bond acceptors (Lipinski definition) is 3. The minimum atomic E-state index is 0.210. The van der Waals surface area contributed by atoms with Crippen molar-refractivity contribution in [1.29, 1.82) is 0 Å². The van der Waals surface area contributed by atoms with Gasteiger partial charge in [0, 0.05) is 5.56 Å². The maximum Gasteiger partial charge on any atom is 0.227 e. The third kappa shape index (κ3) is 1.65. The number of aromatic hydroxyl groups is 1. The first-order valence-electron chi connectivity index (χ1n) is 5.39. The number of phenols is 1. The van der Waals surface area contributed by atoms with Crippen LogP contribution < -0.4 is 0 Å². The Labute approximate surface area is 98.3 Å². The molecule has 17 heavy (non-hydrogen) atoms. The number of fused-ring (bicyclic) bond motifs is 1. The van der Waals surface area contributed by atoms with E-state index in [0.717, 1.165) is 22.2 Å². The lowest BCUT2D eigenvalue weighted by molar-refractivity contribution is 0.475. The number of hydrogen-bond donors (Lipinski definition) is 1. The number of oxazole rings is 1. The highest BCUT2D eigenvalue weighted by Gasteiger charge is 2.09. The molecule has 0 aliphatic heterocycles. The van der Waals surface area contributed by atoms with Gasteiger partial charge in [-0.15, -0.1) is 0 Å². The van der Waals surface area contributed by atoms with E-state index in [9.17, 15) is 5.11 Å². The molecule has 1 N–H and O–H groups in total. The normalized spacial score (nSPS) is 10.9. The number of aromatic nitrogens is 1. The third-order valence-electron chi connectivity index (χ3n) is 2.70. The molecule has 0 atom stereocenters. The quantitative estimate of drug-likeness (QED) is 0.689. The number of benzene rings is 2. The Kier molecular flexibility index (Phi) is 2.11. The van der Waals surface area contributed by atoms with Gasteiger partial charge in [-0.2, -0.15) is 0 Å². The Bertz CT molecular complexity index is 686. The summed E-state index contributed by atoms with van der Waals surface area (Å²) in [5, 5.41) is 9.43. The number of para-hydroxylation sites is 1. The lowest BCUT2D eigenvalue weighted by Gasteiger charge is -1.95. The fraction of sp³-hybridized carbons (Fsp3) is 0.0714. The van der Waals surface area contributed by atoms with Crippen LogP contribution in [0, 0.1) is 6.92 Å². The van der Waals surface area contributed by atoms with Crippen LogP contribution in [0.15, 0.2) is 46.9 Å². The van der Waals surface area contributed by atoms with Gasteiger partial charge in [-0.3, -0.25) is 0 Å². The minimum absolute atomic E-state index is 0.210. The molecule has 0 fully saturated rings. The Morgan fingerprint density at radius 1 is 1.12 bits per heavy atom. The van der Waals surface area contributed by atoms with Gasteiger partial charge in [0.2, 0.25) is 5.89 Å². The molecule has 3 rings (SSSR count). The van der Waals surface area contributed by atoms with Crippen LogP contribution in [0.2, 0.25) is 0 Å².